The monoisotopic (exact) mass is 290 g/mol. The molecule has 9 heteroatoms. The Bertz CT molecular complexity index is 551. The normalized spacial score (nSPS) is 12.2. The second kappa shape index (κ2) is 5.08. The predicted octanol–water partition coefficient (Wildman–Crippen LogP) is -0.861. The summed E-state index contributed by atoms with van der Waals surface area (Å²) in [6.45, 7) is 0. The summed E-state index contributed by atoms with van der Waals surface area (Å²) in [6, 6.07) is 2.92. The Kier molecular flexibility index (Phi) is 4.09. The minimum Gasteiger partial charge on any atom is -0.480 e. The summed E-state index contributed by atoms with van der Waals surface area (Å²) < 4.78 is 12.9. The molecule has 0 spiro atoms. The molecule has 0 saturated carbocycles. The average Bonchev–Trinajstić information content (AvgIpc) is 2.23. The van der Waals surface area contributed by atoms with Gasteiger partial charge in [0.25, 0.3) is 5.16 Å². The van der Waals surface area contributed by atoms with Crippen LogP contribution in [0.5, 0.6) is 0 Å². The van der Waals surface area contributed by atoms with Gasteiger partial charge in [-0.15, -0.1) is 0 Å². The minimum absolute atomic E-state index is 0.193. The molecule has 0 aliphatic rings. The number of hydrogen-bond donors (Lipinski definition) is 4. The molecule has 0 unspecified atom stereocenters. The molecule has 0 aliphatic heterocycles. The van der Waals surface area contributed by atoms with Crippen LogP contribution in [0.3, 0.4) is 0 Å². The number of carbonyl (C=O) groups is 2. The van der Waals surface area contributed by atoms with E-state index in [4.69, 9.17) is 20.0 Å². The summed E-state index contributed by atoms with van der Waals surface area (Å²) in [5.41, 5.74) is 0.193. The fourth-order valence-electron chi connectivity index (χ4n) is 1.64. The van der Waals surface area contributed by atoms with Gasteiger partial charge < -0.3 is 20.0 Å². The van der Waals surface area contributed by atoms with Crippen molar-refractivity contribution in [3.05, 3.63) is 30.1 Å². The second-order valence-electron chi connectivity index (χ2n) is 4.07. The molecule has 19 heavy (non-hydrogen) atoms. The van der Waals surface area contributed by atoms with Crippen LogP contribution in [0.4, 0.5) is 0 Å². The molecule has 0 aliphatic carbocycles. The molecule has 1 heterocycles. The third kappa shape index (κ3) is 2.81. The molecule has 0 atom stereocenters. The SMILES string of the molecule is C[n+]1cccc(CC(C(=O)O)(C(=O)O)P(=O)(O)O)c1. The fourth-order valence-corrected chi connectivity index (χ4v) is 2.53. The van der Waals surface area contributed by atoms with Crippen molar-refractivity contribution < 1.29 is 38.7 Å². The number of rotatable bonds is 5. The number of carboxylic acid groups (broad SMARTS) is 2. The van der Waals surface area contributed by atoms with Gasteiger partial charge in [0.15, 0.2) is 12.4 Å². The minimum atomic E-state index is -5.41. The number of hydrogen-bond acceptors (Lipinski definition) is 3. The molecular formula is C10H13NO7P+. The smallest absolute Gasteiger partial charge is 0.354 e. The van der Waals surface area contributed by atoms with Crippen LogP contribution in [-0.2, 0) is 27.6 Å². The van der Waals surface area contributed by atoms with E-state index < -0.39 is 31.1 Å². The van der Waals surface area contributed by atoms with Gasteiger partial charge in [0.05, 0.1) is 0 Å². The molecule has 1 aromatic heterocycles. The Hall–Kier alpha value is -1.76. The van der Waals surface area contributed by atoms with Gasteiger partial charge in [0.1, 0.15) is 7.05 Å². The van der Waals surface area contributed by atoms with Gasteiger partial charge in [-0.2, -0.15) is 0 Å². The molecule has 0 radical (unpaired) electrons. The van der Waals surface area contributed by atoms with Crippen LogP contribution < -0.4 is 4.57 Å². The Balaban J connectivity index is 3.38. The highest BCUT2D eigenvalue weighted by molar-refractivity contribution is 7.56. The molecular weight excluding hydrogens is 277 g/mol. The average molecular weight is 290 g/mol. The van der Waals surface area contributed by atoms with Crippen molar-refractivity contribution >= 4 is 19.5 Å². The van der Waals surface area contributed by atoms with Crippen LogP contribution in [-0.4, -0.2) is 37.1 Å². The summed E-state index contributed by atoms with van der Waals surface area (Å²) in [6.07, 6.45) is 2.21. The molecule has 8 nitrogen and oxygen atoms in total. The zero-order valence-corrected chi connectivity index (χ0v) is 10.8. The molecule has 0 saturated heterocycles. The van der Waals surface area contributed by atoms with E-state index >= 15 is 0 Å². The first-order chi connectivity index (χ1) is 8.61. The van der Waals surface area contributed by atoms with Gasteiger partial charge in [-0.05, 0) is 6.07 Å². The highest BCUT2D eigenvalue weighted by atomic mass is 31.2. The van der Waals surface area contributed by atoms with Crippen LogP contribution in [0.2, 0.25) is 0 Å². The lowest BCUT2D eigenvalue weighted by Gasteiger charge is -2.25. The number of aromatic nitrogens is 1. The lowest BCUT2D eigenvalue weighted by molar-refractivity contribution is -0.671. The Morgan fingerprint density at radius 2 is 1.84 bits per heavy atom. The summed E-state index contributed by atoms with van der Waals surface area (Å²) in [4.78, 5) is 40.5. The van der Waals surface area contributed by atoms with E-state index in [1.807, 2.05) is 0 Å². The van der Waals surface area contributed by atoms with E-state index in [2.05, 4.69) is 0 Å². The molecule has 104 valence electrons. The number of aryl methyl sites for hydroxylation is 1. The fraction of sp³-hybridized carbons (Fsp3) is 0.300. The third-order valence-electron chi connectivity index (χ3n) is 2.67. The maximum atomic E-state index is 11.4. The topological polar surface area (TPSA) is 136 Å². The molecule has 0 bridgehead atoms. The van der Waals surface area contributed by atoms with Crippen molar-refractivity contribution in [1.82, 2.24) is 0 Å². The number of pyridine rings is 1. The summed E-state index contributed by atoms with van der Waals surface area (Å²) in [5.74, 6) is -4.14. The number of nitrogens with zero attached hydrogens (tertiary/aromatic N) is 1. The first-order valence-corrected chi connectivity index (χ1v) is 6.69. The van der Waals surface area contributed by atoms with E-state index in [0.717, 1.165) is 0 Å². The van der Waals surface area contributed by atoms with Gasteiger partial charge in [-0.1, -0.05) is 0 Å². The largest absolute Gasteiger partial charge is 0.480 e. The Labute approximate surface area is 108 Å². The zero-order valence-electron chi connectivity index (χ0n) is 9.92. The standard InChI is InChI=1S/C10H12NO7P/c1-11-4-2-3-7(6-11)5-10(8(12)13,9(14)15)19(16,17)18/h2-4,6H,5H2,1H3,(H3-,12,13,14,15,16,17,18)/p+1. The van der Waals surface area contributed by atoms with E-state index in [1.165, 1.54) is 22.9 Å². The highest BCUT2D eigenvalue weighted by Crippen LogP contribution is 2.52. The lowest BCUT2D eigenvalue weighted by Crippen LogP contribution is -2.48. The van der Waals surface area contributed by atoms with Gasteiger partial charge in [-0.3, -0.25) is 14.2 Å². The molecule has 0 fully saturated rings. The summed E-state index contributed by atoms with van der Waals surface area (Å²) >= 11 is 0. The Morgan fingerprint density at radius 3 is 2.21 bits per heavy atom. The van der Waals surface area contributed by atoms with E-state index in [-0.39, 0.29) is 5.56 Å². The van der Waals surface area contributed by atoms with Crippen molar-refractivity contribution in [1.29, 1.82) is 0 Å². The second-order valence-corrected chi connectivity index (χ2v) is 5.92. The van der Waals surface area contributed by atoms with Crippen LogP contribution in [0.1, 0.15) is 5.56 Å². The van der Waals surface area contributed by atoms with Crippen LogP contribution >= 0.6 is 7.60 Å². The van der Waals surface area contributed by atoms with Crippen LogP contribution in [0.15, 0.2) is 24.5 Å². The van der Waals surface area contributed by atoms with Crippen molar-refractivity contribution in [3.8, 4) is 0 Å². The van der Waals surface area contributed by atoms with Gasteiger partial charge >= 0.3 is 19.5 Å². The summed E-state index contributed by atoms with van der Waals surface area (Å²) in [7, 11) is -3.79. The highest BCUT2D eigenvalue weighted by Gasteiger charge is 2.61. The maximum Gasteiger partial charge on any atom is 0.354 e. The molecule has 4 N–H and O–H groups in total. The molecule has 1 rings (SSSR count). The van der Waals surface area contributed by atoms with E-state index in [0.29, 0.717) is 0 Å². The van der Waals surface area contributed by atoms with Crippen molar-refractivity contribution in [2.24, 2.45) is 7.05 Å². The van der Waals surface area contributed by atoms with Crippen LogP contribution in [0, 0.1) is 0 Å². The Morgan fingerprint density at radius 1 is 1.32 bits per heavy atom. The van der Waals surface area contributed by atoms with E-state index in [1.54, 1.807) is 13.2 Å². The third-order valence-corrected chi connectivity index (χ3v) is 4.20. The first kappa shape index (κ1) is 15.3. The maximum absolute atomic E-state index is 11.4. The number of aliphatic carboxylic acids is 2. The van der Waals surface area contributed by atoms with Crippen LogP contribution in [0.25, 0.3) is 0 Å². The van der Waals surface area contributed by atoms with Crippen molar-refractivity contribution in [3.63, 3.8) is 0 Å². The van der Waals surface area contributed by atoms with Gasteiger partial charge in [0, 0.05) is 18.1 Å². The predicted molar refractivity (Wildman–Crippen MR) is 61.4 cm³/mol. The summed E-state index contributed by atoms with van der Waals surface area (Å²) in [5, 5.41) is 14.8. The van der Waals surface area contributed by atoms with Crippen molar-refractivity contribution in [2.45, 2.75) is 11.6 Å². The lowest BCUT2D eigenvalue weighted by atomic mass is 9.99. The van der Waals surface area contributed by atoms with E-state index in [9.17, 15) is 14.2 Å². The molecule has 0 aromatic carbocycles. The first-order valence-electron chi connectivity index (χ1n) is 5.08. The molecule has 1 aromatic rings. The number of carboxylic acids is 2. The molecule has 0 amide bonds. The van der Waals surface area contributed by atoms with Gasteiger partial charge in [-0.25, -0.2) is 4.57 Å². The van der Waals surface area contributed by atoms with Crippen molar-refractivity contribution in [2.75, 3.05) is 0 Å². The zero-order chi connectivity index (χ0) is 14.8. The quantitative estimate of drug-likeness (QED) is 0.314. The van der Waals surface area contributed by atoms with Gasteiger partial charge in [0.2, 0.25) is 0 Å².